The van der Waals surface area contributed by atoms with Gasteiger partial charge in [-0.15, -0.1) is 11.3 Å². The smallest absolute Gasteiger partial charge is 0.347 e. The number of hydrogen-bond acceptors (Lipinski definition) is 4. The van der Waals surface area contributed by atoms with Gasteiger partial charge in [0, 0.05) is 5.56 Å². The van der Waals surface area contributed by atoms with E-state index >= 15 is 0 Å². The van der Waals surface area contributed by atoms with Crippen LogP contribution in [0.15, 0.2) is 24.3 Å². The molecule has 1 aromatic heterocycles. The highest BCUT2D eigenvalue weighted by atomic mass is 32.1. The number of aromatic carboxylic acids is 1. The lowest BCUT2D eigenvalue weighted by Crippen LogP contribution is -2.01. The zero-order chi connectivity index (χ0) is 15.4. The van der Waals surface area contributed by atoms with Crippen molar-refractivity contribution in [2.24, 2.45) is 0 Å². The van der Waals surface area contributed by atoms with Crippen molar-refractivity contribution in [3.8, 4) is 10.6 Å². The van der Waals surface area contributed by atoms with E-state index in [-0.39, 0.29) is 6.10 Å². The molecule has 0 atom stereocenters. The Kier molecular flexibility index (Phi) is 5.09. The lowest BCUT2D eigenvalue weighted by atomic mass is 10.1. The quantitative estimate of drug-likeness (QED) is 0.876. The molecular weight excluding hydrogens is 286 g/mol. The number of carboxylic acid groups (broad SMARTS) is 1. The molecule has 4 nitrogen and oxygen atoms in total. The molecule has 0 amide bonds. The van der Waals surface area contributed by atoms with E-state index in [0.29, 0.717) is 23.6 Å². The molecule has 1 aromatic carbocycles. The molecule has 0 aliphatic rings. The van der Waals surface area contributed by atoms with Gasteiger partial charge in [-0.2, -0.15) is 0 Å². The van der Waals surface area contributed by atoms with Gasteiger partial charge in [-0.3, -0.25) is 0 Å². The summed E-state index contributed by atoms with van der Waals surface area (Å²) in [6.45, 7) is 6.50. The van der Waals surface area contributed by atoms with E-state index in [4.69, 9.17) is 4.74 Å². The number of hydrogen-bond donors (Lipinski definition) is 1. The van der Waals surface area contributed by atoms with Gasteiger partial charge in [0.25, 0.3) is 0 Å². The Morgan fingerprint density at radius 2 is 2.00 bits per heavy atom. The summed E-state index contributed by atoms with van der Waals surface area (Å²) in [6.07, 6.45) is 0.826. The Hall–Kier alpha value is -1.72. The summed E-state index contributed by atoms with van der Waals surface area (Å²) < 4.78 is 5.55. The first-order valence-corrected chi connectivity index (χ1v) is 7.76. The second-order valence-corrected chi connectivity index (χ2v) is 6.01. The van der Waals surface area contributed by atoms with Crippen LogP contribution in [-0.4, -0.2) is 22.2 Å². The van der Waals surface area contributed by atoms with Crippen LogP contribution in [0.1, 0.15) is 41.7 Å². The first kappa shape index (κ1) is 15.7. The molecule has 0 aliphatic heterocycles. The van der Waals surface area contributed by atoms with Crippen LogP contribution < -0.4 is 0 Å². The number of carboxylic acids is 1. The Morgan fingerprint density at radius 1 is 1.33 bits per heavy atom. The Balaban J connectivity index is 2.20. The molecule has 0 saturated heterocycles. The normalized spacial score (nSPS) is 11.0. The van der Waals surface area contributed by atoms with E-state index in [1.54, 1.807) is 0 Å². The SMILES string of the molecule is CCc1nc(-c2ccc(COC(C)C)cc2)sc1C(=O)O. The van der Waals surface area contributed by atoms with E-state index < -0.39 is 5.97 Å². The van der Waals surface area contributed by atoms with Crippen molar-refractivity contribution in [3.63, 3.8) is 0 Å². The van der Waals surface area contributed by atoms with Gasteiger partial charge in [-0.1, -0.05) is 31.2 Å². The molecular formula is C16H19NO3S. The van der Waals surface area contributed by atoms with Crippen LogP contribution in [0.3, 0.4) is 0 Å². The molecule has 0 spiro atoms. The van der Waals surface area contributed by atoms with Gasteiger partial charge in [0.05, 0.1) is 18.4 Å². The van der Waals surface area contributed by atoms with Gasteiger partial charge in [-0.05, 0) is 25.8 Å². The molecule has 5 heteroatoms. The van der Waals surface area contributed by atoms with Gasteiger partial charge in [0.1, 0.15) is 9.88 Å². The van der Waals surface area contributed by atoms with E-state index in [0.717, 1.165) is 16.1 Å². The minimum absolute atomic E-state index is 0.203. The monoisotopic (exact) mass is 305 g/mol. The van der Waals surface area contributed by atoms with Crippen LogP contribution in [0.25, 0.3) is 10.6 Å². The molecule has 2 rings (SSSR count). The molecule has 0 bridgehead atoms. The Morgan fingerprint density at radius 3 is 2.48 bits per heavy atom. The van der Waals surface area contributed by atoms with E-state index in [1.807, 2.05) is 45.0 Å². The van der Waals surface area contributed by atoms with Gasteiger partial charge in [0.2, 0.25) is 0 Å². The van der Waals surface area contributed by atoms with Crippen molar-refractivity contribution >= 4 is 17.3 Å². The maximum Gasteiger partial charge on any atom is 0.347 e. The summed E-state index contributed by atoms with van der Waals surface area (Å²) in [4.78, 5) is 15.9. The predicted octanol–water partition coefficient (Wildman–Crippen LogP) is 4.00. The summed E-state index contributed by atoms with van der Waals surface area (Å²) in [5, 5.41) is 9.93. The number of carbonyl (C=O) groups is 1. The van der Waals surface area contributed by atoms with Crippen LogP contribution in [0, 0.1) is 0 Å². The van der Waals surface area contributed by atoms with Crippen LogP contribution in [0.4, 0.5) is 0 Å². The molecule has 0 fully saturated rings. The summed E-state index contributed by atoms with van der Waals surface area (Å²) in [7, 11) is 0. The highest BCUT2D eigenvalue weighted by molar-refractivity contribution is 7.17. The fourth-order valence-electron chi connectivity index (χ4n) is 1.89. The largest absolute Gasteiger partial charge is 0.477 e. The number of nitrogens with zero attached hydrogens (tertiary/aromatic N) is 1. The number of aryl methyl sites for hydroxylation is 1. The van der Waals surface area contributed by atoms with E-state index in [9.17, 15) is 9.90 Å². The minimum atomic E-state index is -0.905. The first-order chi connectivity index (χ1) is 10.0. The number of ether oxygens (including phenoxy) is 1. The third kappa shape index (κ3) is 3.89. The molecule has 0 unspecified atom stereocenters. The fraction of sp³-hybridized carbons (Fsp3) is 0.375. The first-order valence-electron chi connectivity index (χ1n) is 6.95. The number of aromatic nitrogens is 1. The maximum atomic E-state index is 11.2. The van der Waals surface area contributed by atoms with Gasteiger partial charge < -0.3 is 9.84 Å². The summed E-state index contributed by atoms with van der Waals surface area (Å²) >= 11 is 1.23. The van der Waals surface area contributed by atoms with E-state index in [1.165, 1.54) is 11.3 Å². The average molecular weight is 305 g/mol. The number of thiazole rings is 1. The Bertz CT molecular complexity index is 617. The van der Waals surface area contributed by atoms with Crippen molar-refractivity contribution in [2.45, 2.75) is 39.9 Å². The number of rotatable bonds is 6. The molecule has 2 aromatic rings. The fourth-order valence-corrected chi connectivity index (χ4v) is 2.89. The van der Waals surface area contributed by atoms with Crippen LogP contribution in [0.5, 0.6) is 0 Å². The molecule has 112 valence electrons. The Labute approximate surface area is 128 Å². The maximum absolute atomic E-state index is 11.2. The lowest BCUT2D eigenvalue weighted by molar-refractivity contribution is 0.0657. The highest BCUT2D eigenvalue weighted by Crippen LogP contribution is 2.28. The van der Waals surface area contributed by atoms with Crippen molar-refractivity contribution in [2.75, 3.05) is 0 Å². The topological polar surface area (TPSA) is 59.4 Å². The molecule has 0 radical (unpaired) electrons. The molecule has 1 N–H and O–H groups in total. The van der Waals surface area contributed by atoms with Crippen molar-refractivity contribution in [1.82, 2.24) is 4.98 Å². The molecule has 0 saturated carbocycles. The van der Waals surface area contributed by atoms with E-state index in [2.05, 4.69) is 4.98 Å². The van der Waals surface area contributed by atoms with Crippen LogP contribution in [0.2, 0.25) is 0 Å². The van der Waals surface area contributed by atoms with Crippen molar-refractivity contribution in [1.29, 1.82) is 0 Å². The minimum Gasteiger partial charge on any atom is -0.477 e. The van der Waals surface area contributed by atoms with Crippen LogP contribution in [-0.2, 0) is 17.8 Å². The predicted molar refractivity (Wildman–Crippen MR) is 83.8 cm³/mol. The third-order valence-corrected chi connectivity index (χ3v) is 4.15. The van der Waals surface area contributed by atoms with Gasteiger partial charge in [0.15, 0.2) is 0 Å². The molecule has 0 aliphatic carbocycles. The van der Waals surface area contributed by atoms with Crippen molar-refractivity contribution in [3.05, 3.63) is 40.4 Å². The second kappa shape index (κ2) is 6.83. The molecule has 21 heavy (non-hydrogen) atoms. The lowest BCUT2D eigenvalue weighted by Gasteiger charge is -2.07. The second-order valence-electron chi connectivity index (χ2n) is 5.01. The van der Waals surface area contributed by atoms with Gasteiger partial charge >= 0.3 is 5.97 Å². The number of benzene rings is 1. The zero-order valence-electron chi connectivity index (χ0n) is 12.4. The zero-order valence-corrected chi connectivity index (χ0v) is 13.2. The summed E-state index contributed by atoms with van der Waals surface area (Å²) in [5.41, 5.74) is 2.68. The average Bonchev–Trinajstić information content (AvgIpc) is 2.90. The third-order valence-electron chi connectivity index (χ3n) is 3.01. The highest BCUT2D eigenvalue weighted by Gasteiger charge is 2.16. The van der Waals surface area contributed by atoms with Crippen molar-refractivity contribution < 1.29 is 14.6 Å². The van der Waals surface area contributed by atoms with Gasteiger partial charge in [-0.25, -0.2) is 9.78 Å². The standard InChI is InChI=1S/C16H19NO3S/c1-4-13-14(16(18)19)21-15(17-13)12-7-5-11(6-8-12)9-20-10(2)3/h5-8,10H,4,9H2,1-3H3,(H,18,19). The summed E-state index contributed by atoms with van der Waals surface area (Å²) in [6, 6.07) is 7.90. The summed E-state index contributed by atoms with van der Waals surface area (Å²) in [5.74, 6) is -0.905. The van der Waals surface area contributed by atoms with Crippen LogP contribution >= 0.6 is 11.3 Å². The molecule has 1 heterocycles.